The maximum absolute atomic E-state index is 12.3. The van der Waals surface area contributed by atoms with Crippen LogP contribution in [-0.2, 0) is 23.0 Å². The Morgan fingerprint density at radius 3 is 2.70 bits per heavy atom. The summed E-state index contributed by atoms with van der Waals surface area (Å²) < 4.78 is 27.4. The highest BCUT2D eigenvalue weighted by Gasteiger charge is 2.21. The van der Waals surface area contributed by atoms with Gasteiger partial charge in [-0.05, 0) is 43.8 Å². The third-order valence-corrected chi connectivity index (χ3v) is 6.61. The highest BCUT2D eigenvalue weighted by Crippen LogP contribution is 2.22. The van der Waals surface area contributed by atoms with Crippen LogP contribution in [0.1, 0.15) is 21.6 Å². The highest BCUT2D eigenvalue weighted by molar-refractivity contribution is 7.89. The minimum absolute atomic E-state index is 0.149. The fraction of sp³-hybridized carbons (Fsp3) is 0.385. The van der Waals surface area contributed by atoms with E-state index in [-0.39, 0.29) is 12.6 Å². The second kappa shape index (κ2) is 6.36. The quantitative estimate of drug-likeness (QED) is 0.855. The van der Waals surface area contributed by atoms with Gasteiger partial charge in [0.25, 0.3) is 0 Å². The molecule has 0 spiro atoms. The number of rotatable bonds is 6. The smallest absolute Gasteiger partial charge is 0.241 e. The molecule has 1 unspecified atom stereocenters. The normalized spacial score (nSPS) is 13.6. The molecule has 0 bridgehead atoms. The largest absolute Gasteiger partial charge is 0.326 e. The molecule has 4 nitrogen and oxygen atoms in total. The lowest BCUT2D eigenvalue weighted by Crippen LogP contribution is -2.34. The SMILES string of the molecule is Cc1ccc(CC(C)NS(=O)(=O)c2ccsc2CN)s1. The van der Waals surface area contributed by atoms with Gasteiger partial charge in [-0.3, -0.25) is 0 Å². The minimum Gasteiger partial charge on any atom is -0.326 e. The highest BCUT2D eigenvalue weighted by atomic mass is 32.2. The summed E-state index contributed by atoms with van der Waals surface area (Å²) in [4.78, 5) is 3.41. The molecule has 0 aliphatic rings. The number of nitrogens with one attached hydrogen (secondary N) is 1. The molecule has 0 amide bonds. The van der Waals surface area contributed by atoms with Crippen molar-refractivity contribution in [1.29, 1.82) is 0 Å². The lowest BCUT2D eigenvalue weighted by molar-refractivity contribution is 0.560. The topological polar surface area (TPSA) is 72.2 Å². The van der Waals surface area contributed by atoms with E-state index in [9.17, 15) is 8.42 Å². The number of hydrogen-bond acceptors (Lipinski definition) is 5. The first-order valence-corrected chi connectivity index (χ1v) is 9.44. The molecule has 0 fully saturated rings. The van der Waals surface area contributed by atoms with Gasteiger partial charge in [0.1, 0.15) is 0 Å². The first kappa shape index (κ1) is 15.7. The number of aryl methyl sites for hydroxylation is 1. The van der Waals surface area contributed by atoms with Gasteiger partial charge in [0.05, 0.1) is 4.90 Å². The molecule has 1 atom stereocenters. The van der Waals surface area contributed by atoms with Crippen molar-refractivity contribution in [2.75, 3.05) is 0 Å². The van der Waals surface area contributed by atoms with Crippen molar-refractivity contribution in [1.82, 2.24) is 4.72 Å². The van der Waals surface area contributed by atoms with E-state index < -0.39 is 10.0 Å². The average Bonchev–Trinajstić information content (AvgIpc) is 2.97. The fourth-order valence-electron chi connectivity index (χ4n) is 1.98. The Balaban J connectivity index is 2.08. The first-order chi connectivity index (χ1) is 9.42. The number of hydrogen-bond donors (Lipinski definition) is 2. The van der Waals surface area contributed by atoms with Crippen molar-refractivity contribution in [2.24, 2.45) is 5.73 Å². The van der Waals surface area contributed by atoms with Crippen molar-refractivity contribution in [3.05, 3.63) is 38.2 Å². The van der Waals surface area contributed by atoms with Crippen molar-refractivity contribution < 1.29 is 8.42 Å². The summed E-state index contributed by atoms with van der Waals surface area (Å²) in [6.07, 6.45) is 0.694. The molecule has 2 heterocycles. The van der Waals surface area contributed by atoms with Crippen LogP contribution in [0.5, 0.6) is 0 Å². The maximum Gasteiger partial charge on any atom is 0.241 e. The van der Waals surface area contributed by atoms with Gasteiger partial charge in [-0.1, -0.05) is 0 Å². The molecule has 0 saturated heterocycles. The lowest BCUT2D eigenvalue weighted by Gasteiger charge is -2.13. The molecule has 0 aliphatic heterocycles. The van der Waals surface area contributed by atoms with Gasteiger partial charge in [-0.25, -0.2) is 13.1 Å². The van der Waals surface area contributed by atoms with Crippen LogP contribution in [0.4, 0.5) is 0 Å². The van der Waals surface area contributed by atoms with Crippen molar-refractivity contribution in [3.63, 3.8) is 0 Å². The fourth-order valence-corrected chi connectivity index (χ4v) is 5.58. The molecule has 0 saturated carbocycles. The van der Waals surface area contributed by atoms with Gasteiger partial charge in [0.15, 0.2) is 0 Å². The van der Waals surface area contributed by atoms with Gasteiger partial charge in [-0.2, -0.15) is 0 Å². The standard InChI is InChI=1S/C13H18N2O2S3/c1-9(7-11-4-3-10(2)19-11)15-20(16,17)13-5-6-18-12(13)8-14/h3-6,9,15H,7-8,14H2,1-2H3. The van der Waals surface area contributed by atoms with Gasteiger partial charge in [-0.15, -0.1) is 22.7 Å². The van der Waals surface area contributed by atoms with Gasteiger partial charge in [0.2, 0.25) is 10.0 Å². The van der Waals surface area contributed by atoms with E-state index in [0.717, 1.165) is 0 Å². The van der Waals surface area contributed by atoms with Crippen LogP contribution in [0.3, 0.4) is 0 Å². The number of thiophene rings is 2. The van der Waals surface area contributed by atoms with Crippen LogP contribution in [-0.4, -0.2) is 14.5 Å². The summed E-state index contributed by atoms with van der Waals surface area (Å²) >= 11 is 3.06. The summed E-state index contributed by atoms with van der Waals surface area (Å²) in [6, 6.07) is 5.55. The van der Waals surface area contributed by atoms with Crippen LogP contribution in [0.2, 0.25) is 0 Å². The lowest BCUT2D eigenvalue weighted by atomic mass is 10.2. The van der Waals surface area contributed by atoms with E-state index in [1.807, 2.05) is 26.0 Å². The van der Waals surface area contributed by atoms with Crippen LogP contribution in [0, 0.1) is 6.92 Å². The monoisotopic (exact) mass is 330 g/mol. The summed E-state index contributed by atoms with van der Waals surface area (Å²) in [5, 5.41) is 1.75. The zero-order valence-electron chi connectivity index (χ0n) is 11.4. The second-order valence-corrected chi connectivity index (χ2v) is 8.71. The Labute approximate surface area is 127 Å². The van der Waals surface area contributed by atoms with E-state index in [1.165, 1.54) is 21.1 Å². The minimum atomic E-state index is -3.49. The molecule has 2 aromatic heterocycles. The van der Waals surface area contributed by atoms with E-state index in [1.54, 1.807) is 22.8 Å². The number of sulfonamides is 1. The van der Waals surface area contributed by atoms with Crippen molar-refractivity contribution >= 4 is 32.7 Å². The third kappa shape index (κ3) is 3.67. The Morgan fingerprint density at radius 2 is 2.10 bits per heavy atom. The summed E-state index contributed by atoms with van der Waals surface area (Å²) in [5.41, 5.74) is 5.57. The average molecular weight is 331 g/mol. The Hall–Kier alpha value is -0.730. The van der Waals surface area contributed by atoms with E-state index >= 15 is 0 Å². The molecule has 2 aromatic rings. The third-order valence-electron chi connectivity index (χ3n) is 2.84. The molecule has 0 aliphatic carbocycles. The molecule has 110 valence electrons. The molecule has 7 heteroatoms. The molecular weight excluding hydrogens is 312 g/mol. The van der Waals surface area contributed by atoms with Gasteiger partial charge < -0.3 is 5.73 Å². The van der Waals surface area contributed by atoms with E-state index in [2.05, 4.69) is 4.72 Å². The summed E-state index contributed by atoms with van der Waals surface area (Å²) in [7, 11) is -3.49. The predicted octanol–water partition coefficient (Wildman–Crippen LogP) is 2.49. The molecule has 3 N–H and O–H groups in total. The molecule has 2 rings (SSSR count). The van der Waals surface area contributed by atoms with E-state index in [0.29, 0.717) is 16.2 Å². The van der Waals surface area contributed by atoms with E-state index in [4.69, 9.17) is 5.73 Å². The summed E-state index contributed by atoms with van der Waals surface area (Å²) in [5.74, 6) is 0. The Morgan fingerprint density at radius 1 is 1.35 bits per heavy atom. The maximum atomic E-state index is 12.3. The van der Waals surface area contributed by atoms with Crippen LogP contribution < -0.4 is 10.5 Å². The van der Waals surface area contributed by atoms with Gasteiger partial charge >= 0.3 is 0 Å². The molecular formula is C13H18N2O2S3. The number of nitrogens with two attached hydrogens (primary N) is 1. The van der Waals surface area contributed by atoms with Crippen molar-refractivity contribution in [2.45, 2.75) is 37.8 Å². The second-order valence-electron chi connectivity index (χ2n) is 4.65. The Bertz CT molecular complexity index is 673. The molecule has 0 aromatic carbocycles. The van der Waals surface area contributed by atoms with Crippen LogP contribution in [0.25, 0.3) is 0 Å². The Kier molecular flexibility index (Phi) is 4.98. The van der Waals surface area contributed by atoms with Gasteiger partial charge in [0, 0.05) is 27.2 Å². The predicted molar refractivity (Wildman–Crippen MR) is 84.8 cm³/mol. The zero-order chi connectivity index (χ0) is 14.8. The molecule has 20 heavy (non-hydrogen) atoms. The van der Waals surface area contributed by atoms with Crippen LogP contribution >= 0.6 is 22.7 Å². The summed E-state index contributed by atoms with van der Waals surface area (Å²) in [6.45, 7) is 4.16. The van der Waals surface area contributed by atoms with Crippen molar-refractivity contribution in [3.8, 4) is 0 Å². The first-order valence-electron chi connectivity index (χ1n) is 6.26. The zero-order valence-corrected chi connectivity index (χ0v) is 13.9. The van der Waals surface area contributed by atoms with Crippen LogP contribution in [0.15, 0.2) is 28.5 Å². The molecule has 0 radical (unpaired) electrons.